The molecule has 0 radical (unpaired) electrons. The van der Waals surface area contributed by atoms with Crippen LogP contribution in [0.25, 0.3) is 0 Å². The van der Waals surface area contributed by atoms with Crippen LogP contribution in [0.4, 0.5) is 13.2 Å². The second-order valence-corrected chi connectivity index (χ2v) is 6.71. The fourth-order valence-corrected chi connectivity index (χ4v) is 3.52. The Morgan fingerprint density at radius 3 is 2.17 bits per heavy atom. The molecule has 0 saturated heterocycles. The van der Waals surface area contributed by atoms with E-state index in [1.54, 1.807) is 0 Å². The largest absolute Gasteiger partial charge is 0.204 e. The summed E-state index contributed by atoms with van der Waals surface area (Å²) in [5.74, 6) is -2.61. The van der Waals surface area contributed by atoms with E-state index < -0.39 is 17.5 Å². The highest BCUT2D eigenvalue weighted by atomic mass is 19.2. The molecule has 0 aromatic heterocycles. The zero-order valence-electron chi connectivity index (χ0n) is 14.0. The lowest BCUT2D eigenvalue weighted by Gasteiger charge is -2.29. The maximum absolute atomic E-state index is 13.3. The van der Waals surface area contributed by atoms with Gasteiger partial charge in [0.05, 0.1) is 0 Å². The van der Waals surface area contributed by atoms with Gasteiger partial charge in [0, 0.05) is 0 Å². The second kappa shape index (κ2) is 9.14. The van der Waals surface area contributed by atoms with E-state index in [9.17, 15) is 13.2 Å². The average Bonchev–Trinajstić information content (AvgIpc) is 2.56. The summed E-state index contributed by atoms with van der Waals surface area (Å²) >= 11 is 0. The van der Waals surface area contributed by atoms with Gasteiger partial charge in [0.2, 0.25) is 0 Å². The fourth-order valence-electron chi connectivity index (χ4n) is 3.52. The summed E-state index contributed by atoms with van der Waals surface area (Å²) in [4.78, 5) is 0. The number of hydrogen-bond acceptors (Lipinski definition) is 0. The first-order valence-electron chi connectivity index (χ1n) is 8.91. The Hall–Kier alpha value is -1.25. The Bertz CT molecular complexity index is 491. The minimum absolute atomic E-state index is 0.167. The minimum atomic E-state index is -1.36. The molecular weight excluding hydrogens is 297 g/mol. The van der Waals surface area contributed by atoms with Gasteiger partial charge in [-0.2, -0.15) is 0 Å². The average molecular weight is 324 g/mol. The summed E-state index contributed by atoms with van der Waals surface area (Å²) in [7, 11) is 0. The molecule has 1 aliphatic carbocycles. The van der Waals surface area contributed by atoms with Crippen LogP contribution in [-0.4, -0.2) is 0 Å². The highest BCUT2D eigenvalue weighted by molar-refractivity contribution is 5.23. The number of unbranched alkanes of at least 4 members (excludes halogenated alkanes) is 2. The molecule has 0 spiro atoms. The van der Waals surface area contributed by atoms with Crippen molar-refractivity contribution in [2.75, 3.05) is 0 Å². The second-order valence-electron chi connectivity index (χ2n) is 6.71. The normalized spacial score (nSPS) is 21.9. The first kappa shape index (κ1) is 18.1. The van der Waals surface area contributed by atoms with E-state index in [4.69, 9.17) is 0 Å². The monoisotopic (exact) mass is 324 g/mol. The van der Waals surface area contributed by atoms with Gasteiger partial charge in [0.1, 0.15) is 0 Å². The number of hydrogen-bond donors (Lipinski definition) is 0. The lowest BCUT2D eigenvalue weighted by atomic mass is 9.77. The molecule has 0 bridgehead atoms. The van der Waals surface area contributed by atoms with Crippen LogP contribution in [0.15, 0.2) is 24.3 Å². The van der Waals surface area contributed by atoms with Crippen LogP contribution in [0.5, 0.6) is 0 Å². The lowest BCUT2D eigenvalue weighted by Crippen LogP contribution is -2.14. The van der Waals surface area contributed by atoms with Gasteiger partial charge in [-0.25, -0.2) is 13.2 Å². The van der Waals surface area contributed by atoms with Gasteiger partial charge >= 0.3 is 0 Å². The van der Waals surface area contributed by atoms with Gasteiger partial charge in [0.15, 0.2) is 17.5 Å². The highest BCUT2D eigenvalue weighted by Gasteiger charge is 2.24. The molecule has 1 saturated carbocycles. The van der Waals surface area contributed by atoms with Gasteiger partial charge in [-0.3, -0.25) is 0 Å². The summed E-state index contributed by atoms with van der Waals surface area (Å²) in [6, 6.07) is 2.34. The molecular formula is C20H27F3. The van der Waals surface area contributed by atoms with Crippen LogP contribution >= 0.6 is 0 Å². The summed E-state index contributed by atoms with van der Waals surface area (Å²) in [6.45, 7) is 2.18. The van der Waals surface area contributed by atoms with Gasteiger partial charge in [-0.05, 0) is 74.5 Å². The third kappa shape index (κ3) is 5.40. The zero-order chi connectivity index (χ0) is 16.7. The summed E-state index contributed by atoms with van der Waals surface area (Å²) in [5, 5.41) is 0. The summed E-state index contributed by atoms with van der Waals surface area (Å²) < 4.78 is 39.7. The molecule has 0 heterocycles. The van der Waals surface area contributed by atoms with Crippen molar-refractivity contribution in [2.45, 2.75) is 70.6 Å². The molecule has 0 unspecified atom stereocenters. The quantitative estimate of drug-likeness (QED) is 0.290. The Labute approximate surface area is 137 Å². The maximum Gasteiger partial charge on any atom is 0.194 e. The number of halogens is 3. The highest BCUT2D eigenvalue weighted by Crippen LogP contribution is 2.38. The van der Waals surface area contributed by atoms with Gasteiger partial charge in [-0.15, -0.1) is 0 Å². The molecule has 1 fully saturated rings. The van der Waals surface area contributed by atoms with E-state index in [1.165, 1.54) is 31.4 Å². The Kier molecular flexibility index (Phi) is 7.19. The number of allylic oxidation sites excluding steroid dienone is 2. The van der Waals surface area contributed by atoms with E-state index in [-0.39, 0.29) is 5.92 Å². The van der Waals surface area contributed by atoms with E-state index in [0.29, 0.717) is 5.56 Å². The van der Waals surface area contributed by atoms with Gasteiger partial charge < -0.3 is 0 Å². The number of benzene rings is 1. The number of rotatable bonds is 7. The standard InChI is InChI=1S/C20H27F3/c1-2-3-4-5-6-7-8-15-9-11-16(12-10-15)17-13-18(21)20(23)19(22)14-17/h4-5,13-16H,2-3,6-12H2,1H3. The third-order valence-corrected chi connectivity index (χ3v) is 4.93. The van der Waals surface area contributed by atoms with Crippen molar-refractivity contribution >= 4 is 0 Å². The zero-order valence-corrected chi connectivity index (χ0v) is 14.0. The van der Waals surface area contributed by atoms with Gasteiger partial charge in [0.25, 0.3) is 0 Å². The summed E-state index contributed by atoms with van der Waals surface area (Å²) in [6.07, 6.45) is 14.6. The van der Waals surface area contributed by atoms with E-state index in [2.05, 4.69) is 19.1 Å². The molecule has 2 rings (SSSR count). The van der Waals surface area contributed by atoms with Crippen molar-refractivity contribution in [2.24, 2.45) is 5.92 Å². The predicted octanol–water partition coefficient (Wildman–Crippen LogP) is 6.90. The topological polar surface area (TPSA) is 0 Å². The molecule has 0 amide bonds. The van der Waals surface area contributed by atoms with Crippen LogP contribution < -0.4 is 0 Å². The molecule has 0 atom stereocenters. The fraction of sp³-hybridized carbons (Fsp3) is 0.600. The van der Waals surface area contributed by atoms with Crippen LogP contribution in [0.1, 0.15) is 76.2 Å². The van der Waals surface area contributed by atoms with E-state index >= 15 is 0 Å². The first-order chi connectivity index (χ1) is 11.1. The van der Waals surface area contributed by atoms with Crippen molar-refractivity contribution < 1.29 is 13.2 Å². The van der Waals surface area contributed by atoms with Crippen LogP contribution in [-0.2, 0) is 0 Å². The smallest absolute Gasteiger partial charge is 0.194 e. The molecule has 0 nitrogen and oxygen atoms in total. The molecule has 0 N–H and O–H groups in total. The Morgan fingerprint density at radius 1 is 0.957 bits per heavy atom. The van der Waals surface area contributed by atoms with Crippen molar-refractivity contribution in [3.63, 3.8) is 0 Å². The van der Waals surface area contributed by atoms with E-state index in [0.717, 1.165) is 44.4 Å². The molecule has 23 heavy (non-hydrogen) atoms. The molecule has 1 aromatic carbocycles. The molecule has 0 aliphatic heterocycles. The molecule has 128 valence electrons. The maximum atomic E-state index is 13.3. The van der Waals surface area contributed by atoms with Crippen LogP contribution in [0.3, 0.4) is 0 Å². The first-order valence-corrected chi connectivity index (χ1v) is 8.91. The van der Waals surface area contributed by atoms with Gasteiger partial charge in [-0.1, -0.05) is 31.9 Å². The predicted molar refractivity (Wildman–Crippen MR) is 88.9 cm³/mol. The van der Waals surface area contributed by atoms with Crippen molar-refractivity contribution in [3.05, 3.63) is 47.3 Å². The molecule has 1 aliphatic rings. The van der Waals surface area contributed by atoms with Crippen molar-refractivity contribution in [1.82, 2.24) is 0 Å². The van der Waals surface area contributed by atoms with Crippen molar-refractivity contribution in [3.8, 4) is 0 Å². The molecule has 3 heteroatoms. The van der Waals surface area contributed by atoms with Crippen LogP contribution in [0.2, 0.25) is 0 Å². The minimum Gasteiger partial charge on any atom is -0.204 e. The van der Waals surface area contributed by atoms with Crippen LogP contribution in [0, 0.1) is 23.4 Å². The Morgan fingerprint density at radius 2 is 1.57 bits per heavy atom. The Balaban J connectivity index is 1.76. The molecule has 1 aromatic rings. The third-order valence-electron chi connectivity index (χ3n) is 4.93. The van der Waals surface area contributed by atoms with E-state index in [1.807, 2.05) is 0 Å². The SMILES string of the molecule is CCCC=CCCCC1CCC(c2cc(F)c(F)c(F)c2)CC1. The van der Waals surface area contributed by atoms with Crippen molar-refractivity contribution in [1.29, 1.82) is 0 Å². The lowest BCUT2D eigenvalue weighted by molar-refractivity contribution is 0.304. The summed E-state index contributed by atoms with van der Waals surface area (Å²) in [5.41, 5.74) is 0.613.